The molecule has 200 valence electrons. The zero-order valence-corrected chi connectivity index (χ0v) is 21.2. The van der Waals surface area contributed by atoms with Gasteiger partial charge in [-0.1, -0.05) is 6.07 Å². The predicted molar refractivity (Wildman–Crippen MR) is 129 cm³/mol. The van der Waals surface area contributed by atoms with Crippen LogP contribution in [0, 0.1) is 12.7 Å². The third-order valence-electron chi connectivity index (χ3n) is 7.44. The highest BCUT2D eigenvalue weighted by atomic mass is 19.4. The number of hydrogen-bond donors (Lipinski definition) is 0. The Morgan fingerprint density at radius 3 is 2.46 bits per heavy atom. The van der Waals surface area contributed by atoms with Gasteiger partial charge in [-0.2, -0.15) is 23.1 Å². The van der Waals surface area contributed by atoms with Gasteiger partial charge in [0.05, 0.1) is 25.3 Å². The smallest absolute Gasteiger partial charge is 0.389 e. The minimum Gasteiger partial charge on any atom is -0.490 e. The van der Waals surface area contributed by atoms with Gasteiger partial charge in [-0.25, -0.2) is 9.37 Å². The molecule has 2 atom stereocenters. The molecule has 5 rings (SSSR count). The highest BCUT2D eigenvalue weighted by molar-refractivity contribution is 5.74. The van der Waals surface area contributed by atoms with Crippen LogP contribution in [-0.2, 0) is 13.0 Å². The lowest BCUT2D eigenvalue weighted by Gasteiger charge is -2.36. The summed E-state index contributed by atoms with van der Waals surface area (Å²) in [5.74, 6) is 0.132. The molecule has 2 bridgehead atoms. The number of alkyl halides is 3. The summed E-state index contributed by atoms with van der Waals surface area (Å²) in [6.07, 6.45) is -1.54. The number of rotatable bonds is 8. The van der Waals surface area contributed by atoms with Crippen LogP contribution in [0.25, 0.3) is 11.2 Å². The van der Waals surface area contributed by atoms with Crippen molar-refractivity contribution in [3.8, 4) is 11.8 Å². The van der Waals surface area contributed by atoms with E-state index in [1.807, 2.05) is 0 Å². The average molecular weight is 522 g/mol. The Kier molecular flexibility index (Phi) is 6.99. The molecule has 0 amide bonds. The largest absolute Gasteiger partial charge is 0.490 e. The van der Waals surface area contributed by atoms with Crippen LogP contribution in [-0.4, -0.2) is 62.4 Å². The van der Waals surface area contributed by atoms with E-state index in [-0.39, 0.29) is 30.9 Å². The molecule has 0 N–H and O–H groups in total. The molecular formula is C26H31F4N5O2. The van der Waals surface area contributed by atoms with Crippen LogP contribution in [0.5, 0.6) is 11.8 Å². The first kappa shape index (κ1) is 25.7. The summed E-state index contributed by atoms with van der Waals surface area (Å²) in [6.45, 7) is 3.77. The van der Waals surface area contributed by atoms with Gasteiger partial charge in [0.2, 0.25) is 0 Å². The molecule has 2 aliphatic heterocycles. The Morgan fingerprint density at radius 1 is 1.08 bits per heavy atom. The van der Waals surface area contributed by atoms with Crippen LogP contribution in [0.1, 0.15) is 56.1 Å². The number of benzene rings is 1. The predicted octanol–water partition coefficient (Wildman–Crippen LogP) is 5.22. The van der Waals surface area contributed by atoms with E-state index in [4.69, 9.17) is 9.47 Å². The van der Waals surface area contributed by atoms with E-state index in [0.717, 1.165) is 25.7 Å². The summed E-state index contributed by atoms with van der Waals surface area (Å²) in [5.41, 5.74) is 1.47. The molecule has 0 saturated carbocycles. The van der Waals surface area contributed by atoms with Crippen LogP contribution in [0.2, 0.25) is 0 Å². The molecule has 0 aliphatic carbocycles. The molecule has 2 unspecified atom stereocenters. The normalized spacial score (nSPS) is 22.1. The first-order chi connectivity index (χ1) is 17.6. The van der Waals surface area contributed by atoms with E-state index in [1.54, 1.807) is 26.0 Å². The van der Waals surface area contributed by atoms with Crippen LogP contribution >= 0.6 is 0 Å². The molecule has 2 aliphatic rings. The van der Waals surface area contributed by atoms with Gasteiger partial charge < -0.3 is 18.9 Å². The standard InChI is InChI=1S/C26H31F4N5O2/c1-4-36-25-31-15(2)23-24(33-25)35(22(32-23)9-10-26(28,29)30)14-16-5-8-19(13-21(16)27)37-20-11-17-6-7-18(12-20)34(17)3/h5,8,13,17-18,20H,4,6-7,9-12,14H2,1-3H3. The van der Waals surface area contributed by atoms with Gasteiger partial charge >= 0.3 is 12.2 Å². The van der Waals surface area contributed by atoms with Crippen molar-refractivity contribution in [2.24, 2.45) is 0 Å². The van der Waals surface area contributed by atoms with Crippen LogP contribution in [0.3, 0.4) is 0 Å². The maximum absolute atomic E-state index is 15.3. The number of nitrogens with zero attached hydrogens (tertiary/aromatic N) is 5. The zero-order chi connectivity index (χ0) is 26.3. The minimum atomic E-state index is -4.35. The van der Waals surface area contributed by atoms with Crippen molar-refractivity contribution in [3.63, 3.8) is 0 Å². The first-order valence-corrected chi connectivity index (χ1v) is 12.7. The molecule has 2 saturated heterocycles. The van der Waals surface area contributed by atoms with Crippen LogP contribution < -0.4 is 9.47 Å². The van der Waals surface area contributed by atoms with Crippen molar-refractivity contribution >= 4 is 11.2 Å². The quantitative estimate of drug-likeness (QED) is 0.379. The lowest BCUT2D eigenvalue weighted by Crippen LogP contribution is -2.43. The monoisotopic (exact) mass is 521 g/mol. The van der Waals surface area contributed by atoms with Gasteiger partial charge in [0.25, 0.3) is 0 Å². The maximum atomic E-state index is 15.3. The second kappa shape index (κ2) is 10.1. The fraction of sp³-hybridized carbons (Fsp3) is 0.577. The van der Waals surface area contributed by atoms with Gasteiger partial charge in [0.1, 0.15) is 29.0 Å². The number of piperidine rings is 1. The molecule has 37 heavy (non-hydrogen) atoms. The molecule has 1 aromatic carbocycles. The van der Waals surface area contributed by atoms with Gasteiger partial charge in [0, 0.05) is 30.1 Å². The molecule has 0 spiro atoms. The molecule has 3 aromatic rings. The highest BCUT2D eigenvalue weighted by Crippen LogP contribution is 2.36. The third-order valence-corrected chi connectivity index (χ3v) is 7.44. The number of fused-ring (bicyclic) bond motifs is 3. The topological polar surface area (TPSA) is 65.3 Å². The molecule has 0 radical (unpaired) electrons. The summed E-state index contributed by atoms with van der Waals surface area (Å²) in [6, 6.07) is 5.81. The summed E-state index contributed by atoms with van der Waals surface area (Å²) in [7, 11) is 2.15. The average Bonchev–Trinajstić information content (AvgIpc) is 3.25. The van der Waals surface area contributed by atoms with E-state index in [1.165, 1.54) is 10.6 Å². The summed E-state index contributed by atoms with van der Waals surface area (Å²) in [5, 5.41) is 0. The van der Waals surface area contributed by atoms with Crippen molar-refractivity contribution in [2.45, 2.75) is 83.3 Å². The molecule has 2 fully saturated rings. The Balaban J connectivity index is 1.41. The van der Waals surface area contributed by atoms with E-state index in [9.17, 15) is 13.2 Å². The molecular weight excluding hydrogens is 490 g/mol. The third kappa shape index (κ3) is 5.51. The second-order valence-electron chi connectivity index (χ2n) is 9.94. The minimum absolute atomic E-state index is 0.0316. The van der Waals surface area contributed by atoms with E-state index in [0.29, 0.717) is 46.9 Å². The molecule has 11 heteroatoms. The SMILES string of the molecule is CCOc1nc(C)c2nc(CCC(F)(F)F)n(Cc3ccc(OC4CC5CCC(C4)N5C)cc3F)c2n1. The van der Waals surface area contributed by atoms with Crippen molar-refractivity contribution in [3.05, 3.63) is 41.1 Å². The molecule has 2 aromatic heterocycles. The van der Waals surface area contributed by atoms with Crippen LogP contribution in [0.15, 0.2) is 18.2 Å². The van der Waals surface area contributed by atoms with Gasteiger partial charge in [-0.15, -0.1) is 0 Å². The lowest BCUT2D eigenvalue weighted by molar-refractivity contribution is -0.134. The van der Waals surface area contributed by atoms with Crippen molar-refractivity contribution in [1.29, 1.82) is 0 Å². The molecule has 4 heterocycles. The van der Waals surface area contributed by atoms with E-state index >= 15 is 4.39 Å². The number of ether oxygens (including phenoxy) is 2. The van der Waals surface area contributed by atoms with Gasteiger partial charge in [-0.3, -0.25) is 0 Å². The maximum Gasteiger partial charge on any atom is 0.389 e. The second-order valence-corrected chi connectivity index (χ2v) is 9.94. The van der Waals surface area contributed by atoms with Crippen molar-refractivity contribution < 1.29 is 27.0 Å². The Morgan fingerprint density at radius 2 is 1.81 bits per heavy atom. The van der Waals surface area contributed by atoms with E-state index in [2.05, 4.69) is 26.9 Å². The number of halogens is 4. The van der Waals surface area contributed by atoms with Gasteiger partial charge in [-0.05, 0) is 52.6 Å². The lowest BCUT2D eigenvalue weighted by atomic mass is 10.0. The zero-order valence-electron chi connectivity index (χ0n) is 21.2. The highest BCUT2D eigenvalue weighted by Gasteiger charge is 2.39. The fourth-order valence-corrected chi connectivity index (χ4v) is 5.51. The van der Waals surface area contributed by atoms with Gasteiger partial charge in [0.15, 0.2) is 5.65 Å². The summed E-state index contributed by atoms with van der Waals surface area (Å²) < 4.78 is 67.4. The van der Waals surface area contributed by atoms with Crippen LogP contribution in [0.4, 0.5) is 17.6 Å². The summed E-state index contributed by atoms with van der Waals surface area (Å²) >= 11 is 0. The first-order valence-electron chi connectivity index (χ1n) is 12.7. The number of hydrogen-bond acceptors (Lipinski definition) is 6. The Bertz CT molecular complexity index is 1260. The Labute approximate surface area is 212 Å². The van der Waals surface area contributed by atoms with E-state index < -0.39 is 18.4 Å². The fourth-order valence-electron chi connectivity index (χ4n) is 5.51. The van der Waals surface area contributed by atoms with Crippen molar-refractivity contribution in [1.82, 2.24) is 24.4 Å². The number of imidazole rings is 1. The molecule has 7 nitrogen and oxygen atoms in total. The summed E-state index contributed by atoms with van der Waals surface area (Å²) in [4.78, 5) is 15.4. The number of aryl methyl sites for hydroxylation is 2. The number of aromatic nitrogens is 4. The Hall–Kier alpha value is -2.95. The van der Waals surface area contributed by atoms with Crippen molar-refractivity contribution in [2.75, 3.05) is 13.7 Å².